The molecule has 0 bridgehead atoms. The Balaban J connectivity index is 2.34. The molecular weight excluding hydrogens is 392 g/mol. The van der Waals surface area contributed by atoms with Crippen LogP contribution in [0.15, 0.2) is 0 Å². The van der Waals surface area contributed by atoms with Gasteiger partial charge in [-0.2, -0.15) is 0 Å². The van der Waals surface area contributed by atoms with Crippen LogP contribution in [0.3, 0.4) is 0 Å². The van der Waals surface area contributed by atoms with Crippen molar-refractivity contribution in [2.24, 2.45) is 11.8 Å². The molecule has 1 N–H and O–H groups in total. The van der Waals surface area contributed by atoms with E-state index in [1.165, 1.54) is 13.8 Å². The van der Waals surface area contributed by atoms with Gasteiger partial charge in [-0.3, -0.25) is 14.4 Å². The molecule has 1 heterocycles. The quantitative estimate of drug-likeness (QED) is 0.328. The van der Waals surface area contributed by atoms with E-state index in [1.807, 2.05) is 13.8 Å². The number of aliphatic carboxylic acids is 1. The summed E-state index contributed by atoms with van der Waals surface area (Å²) in [6, 6.07) is 0. The molecule has 1 fully saturated rings. The molecule has 0 radical (unpaired) electrons. The van der Waals surface area contributed by atoms with Crippen LogP contribution in [0.5, 0.6) is 0 Å². The van der Waals surface area contributed by atoms with Crippen LogP contribution < -0.4 is 0 Å². The van der Waals surface area contributed by atoms with Crippen molar-refractivity contribution in [3.05, 3.63) is 0 Å². The number of ether oxygens (including phenoxy) is 4. The molecule has 5 atom stereocenters. The van der Waals surface area contributed by atoms with E-state index in [0.717, 1.165) is 44.9 Å². The van der Waals surface area contributed by atoms with Crippen LogP contribution in [0.2, 0.25) is 0 Å². The predicted octanol–water partition coefficient (Wildman–Crippen LogP) is 3.70. The van der Waals surface area contributed by atoms with Gasteiger partial charge in [-0.15, -0.1) is 0 Å². The molecule has 5 unspecified atom stereocenters. The van der Waals surface area contributed by atoms with E-state index in [4.69, 9.17) is 24.1 Å². The van der Waals surface area contributed by atoms with Crippen molar-refractivity contribution in [3.63, 3.8) is 0 Å². The van der Waals surface area contributed by atoms with Crippen LogP contribution in [-0.2, 0) is 33.3 Å². The molecule has 1 aliphatic heterocycles. The first-order valence-corrected chi connectivity index (χ1v) is 11.0. The van der Waals surface area contributed by atoms with Crippen molar-refractivity contribution in [2.75, 3.05) is 13.2 Å². The third kappa shape index (κ3) is 10.4. The number of esters is 2. The molecular formula is C22H38O8. The second-order valence-corrected chi connectivity index (χ2v) is 8.13. The Bertz CT molecular complexity index is 535. The van der Waals surface area contributed by atoms with Gasteiger partial charge >= 0.3 is 17.9 Å². The van der Waals surface area contributed by atoms with Gasteiger partial charge in [-0.25, -0.2) is 0 Å². The standard InChI is InChI=1S/C22H38O8/c1-15-16(2)22(27-13-11-9-7-5-6-8-10-12-20(25)26)30-19(14-28-17(3)23)21(15)29-18(4)24/h15-16,19,21-22H,5-14H2,1-4H3,(H,25,26). The van der Waals surface area contributed by atoms with Crippen LogP contribution in [0, 0.1) is 11.8 Å². The fraction of sp³-hybridized carbons (Fsp3) is 0.864. The lowest BCUT2D eigenvalue weighted by atomic mass is 9.84. The lowest BCUT2D eigenvalue weighted by molar-refractivity contribution is -0.273. The fourth-order valence-corrected chi connectivity index (χ4v) is 3.62. The monoisotopic (exact) mass is 430 g/mol. The molecule has 1 rings (SSSR count). The minimum absolute atomic E-state index is 0.000916. The molecule has 0 saturated carbocycles. The molecule has 1 aliphatic rings. The molecule has 0 aliphatic carbocycles. The van der Waals surface area contributed by atoms with Crippen LogP contribution in [0.25, 0.3) is 0 Å². The third-order valence-electron chi connectivity index (χ3n) is 5.52. The maximum atomic E-state index is 11.5. The number of carboxylic acids is 1. The Kier molecular flexibility index (Phi) is 12.6. The number of hydrogen-bond donors (Lipinski definition) is 1. The summed E-state index contributed by atoms with van der Waals surface area (Å²) in [6.07, 6.45) is 5.69. The van der Waals surface area contributed by atoms with Crippen molar-refractivity contribution in [3.8, 4) is 0 Å². The zero-order chi connectivity index (χ0) is 22.5. The molecule has 30 heavy (non-hydrogen) atoms. The van der Waals surface area contributed by atoms with Gasteiger partial charge in [-0.1, -0.05) is 46.0 Å². The number of carbonyl (C=O) groups excluding carboxylic acids is 2. The molecule has 0 aromatic heterocycles. The van der Waals surface area contributed by atoms with Gasteiger partial charge in [0.1, 0.15) is 18.8 Å². The summed E-state index contributed by atoms with van der Waals surface area (Å²) in [5.74, 6) is -1.50. The van der Waals surface area contributed by atoms with Gasteiger partial charge in [0.25, 0.3) is 0 Å². The van der Waals surface area contributed by atoms with Crippen LogP contribution in [-0.4, -0.2) is 54.7 Å². The van der Waals surface area contributed by atoms with E-state index in [1.54, 1.807) is 0 Å². The summed E-state index contributed by atoms with van der Waals surface area (Å²) >= 11 is 0. The van der Waals surface area contributed by atoms with Crippen LogP contribution in [0.1, 0.15) is 79.1 Å². The predicted molar refractivity (Wildman–Crippen MR) is 110 cm³/mol. The summed E-state index contributed by atoms with van der Waals surface area (Å²) in [5.41, 5.74) is 0. The second-order valence-electron chi connectivity index (χ2n) is 8.13. The average molecular weight is 431 g/mol. The molecule has 0 amide bonds. The van der Waals surface area contributed by atoms with Crippen LogP contribution >= 0.6 is 0 Å². The van der Waals surface area contributed by atoms with Crippen molar-refractivity contribution in [2.45, 2.75) is 97.6 Å². The van der Waals surface area contributed by atoms with Gasteiger partial charge in [0.05, 0.1) is 0 Å². The number of unbranched alkanes of at least 4 members (excludes halogenated alkanes) is 6. The Morgan fingerprint density at radius 2 is 1.47 bits per heavy atom. The molecule has 0 aromatic rings. The highest BCUT2D eigenvalue weighted by Crippen LogP contribution is 2.33. The SMILES string of the molecule is CC(=O)OCC1OC(OCCCCCCCCCC(=O)O)C(C)C(C)C1OC(C)=O. The minimum atomic E-state index is -0.727. The first kappa shape index (κ1) is 26.4. The third-order valence-corrected chi connectivity index (χ3v) is 5.52. The fourth-order valence-electron chi connectivity index (χ4n) is 3.62. The molecule has 0 aromatic carbocycles. The molecule has 8 heteroatoms. The Morgan fingerprint density at radius 1 is 0.867 bits per heavy atom. The highest BCUT2D eigenvalue weighted by atomic mass is 16.7. The van der Waals surface area contributed by atoms with Gasteiger partial charge < -0.3 is 24.1 Å². The van der Waals surface area contributed by atoms with E-state index >= 15 is 0 Å². The topological polar surface area (TPSA) is 108 Å². The van der Waals surface area contributed by atoms with E-state index in [-0.39, 0.29) is 24.9 Å². The molecule has 174 valence electrons. The van der Waals surface area contributed by atoms with Crippen molar-refractivity contribution in [1.82, 2.24) is 0 Å². The van der Waals surface area contributed by atoms with E-state index in [2.05, 4.69) is 0 Å². The number of carboxylic acid groups (broad SMARTS) is 1. The Labute approximate surface area is 179 Å². The lowest BCUT2D eigenvalue weighted by Crippen LogP contribution is -2.53. The largest absolute Gasteiger partial charge is 0.481 e. The van der Waals surface area contributed by atoms with Crippen molar-refractivity contribution >= 4 is 17.9 Å². The summed E-state index contributed by atoms with van der Waals surface area (Å²) in [5, 5.41) is 8.61. The van der Waals surface area contributed by atoms with Crippen molar-refractivity contribution < 1.29 is 38.4 Å². The normalized spacial score (nSPS) is 26.2. The van der Waals surface area contributed by atoms with E-state index < -0.39 is 36.4 Å². The number of hydrogen-bond acceptors (Lipinski definition) is 7. The summed E-state index contributed by atoms with van der Waals surface area (Å²) in [4.78, 5) is 33.1. The highest BCUT2D eigenvalue weighted by Gasteiger charge is 2.44. The van der Waals surface area contributed by atoms with Gasteiger partial charge in [0.15, 0.2) is 6.29 Å². The summed E-state index contributed by atoms with van der Waals surface area (Å²) < 4.78 is 22.5. The molecule has 0 spiro atoms. The zero-order valence-corrected chi connectivity index (χ0v) is 18.8. The highest BCUT2D eigenvalue weighted by molar-refractivity contribution is 5.67. The Morgan fingerprint density at radius 3 is 2.03 bits per heavy atom. The van der Waals surface area contributed by atoms with Gasteiger partial charge in [0, 0.05) is 38.7 Å². The van der Waals surface area contributed by atoms with E-state index in [0.29, 0.717) is 6.61 Å². The molecule has 8 nitrogen and oxygen atoms in total. The van der Waals surface area contributed by atoms with Gasteiger partial charge in [0.2, 0.25) is 0 Å². The number of rotatable bonds is 14. The first-order chi connectivity index (χ1) is 14.2. The lowest BCUT2D eigenvalue weighted by Gasteiger charge is -2.43. The van der Waals surface area contributed by atoms with E-state index in [9.17, 15) is 14.4 Å². The Hall–Kier alpha value is -1.67. The summed E-state index contributed by atoms with van der Waals surface area (Å²) in [7, 11) is 0. The maximum Gasteiger partial charge on any atom is 0.303 e. The smallest absolute Gasteiger partial charge is 0.303 e. The molecule has 1 saturated heterocycles. The number of carbonyl (C=O) groups is 3. The van der Waals surface area contributed by atoms with Gasteiger partial charge in [-0.05, 0) is 12.8 Å². The average Bonchev–Trinajstić information content (AvgIpc) is 2.66. The second kappa shape index (κ2) is 14.4. The van der Waals surface area contributed by atoms with Crippen LogP contribution in [0.4, 0.5) is 0 Å². The van der Waals surface area contributed by atoms with Crippen molar-refractivity contribution in [1.29, 1.82) is 0 Å². The first-order valence-electron chi connectivity index (χ1n) is 11.0. The summed E-state index contributed by atoms with van der Waals surface area (Å²) in [6.45, 7) is 7.27. The zero-order valence-electron chi connectivity index (χ0n) is 18.8. The maximum absolute atomic E-state index is 11.5. The minimum Gasteiger partial charge on any atom is -0.481 e.